The maximum atomic E-state index is 13.6. The molecule has 2 aromatic carbocycles. The Labute approximate surface area is 178 Å². The molecule has 2 aliphatic rings. The molecule has 30 heavy (non-hydrogen) atoms. The van der Waals surface area contributed by atoms with Gasteiger partial charge in [-0.2, -0.15) is 0 Å². The zero-order chi connectivity index (χ0) is 20.7. The number of hydrogen-bond acceptors (Lipinski definition) is 2. The number of fused-ring (bicyclic) bond motifs is 4. The van der Waals surface area contributed by atoms with Crippen LogP contribution in [0.25, 0.3) is 10.9 Å². The van der Waals surface area contributed by atoms with Crippen molar-refractivity contribution in [2.45, 2.75) is 50.1 Å². The van der Waals surface area contributed by atoms with Crippen molar-refractivity contribution >= 4 is 16.8 Å². The molecular formula is C26H31N3O. The molecular weight excluding hydrogens is 370 g/mol. The zero-order valence-electron chi connectivity index (χ0n) is 18.0. The number of aromatic nitrogens is 1. The summed E-state index contributed by atoms with van der Waals surface area (Å²) >= 11 is 0. The summed E-state index contributed by atoms with van der Waals surface area (Å²) in [7, 11) is 4.35. The van der Waals surface area contributed by atoms with Gasteiger partial charge in [-0.3, -0.25) is 4.79 Å². The van der Waals surface area contributed by atoms with Gasteiger partial charge in [0, 0.05) is 29.2 Å². The predicted molar refractivity (Wildman–Crippen MR) is 121 cm³/mol. The average Bonchev–Trinajstić information content (AvgIpc) is 3.15. The standard InChI is InChI=1S/C26H31N3O/c1-28(2)20-12-15-26(16-13-20)25-22(21-10-6-7-11-23(21)27-25)14-17-29(26)24(30)18-19-8-4-3-5-9-19/h3-11,20,27H,12-18H2,1-2H3. The normalized spacial score (nSPS) is 23.8. The van der Waals surface area contributed by atoms with Crippen molar-refractivity contribution in [2.24, 2.45) is 0 Å². The fourth-order valence-corrected chi connectivity index (χ4v) is 5.78. The molecule has 1 aromatic heterocycles. The first kappa shape index (κ1) is 19.4. The van der Waals surface area contributed by atoms with E-state index in [1.165, 1.54) is 22.2 Å². The van der Waals surface area contributed by atoms with Gasteiger partial charge in [0.15, 0.2) is 0 Å². The lowest BCUT2D eigenvalue weighted by atomic mass is 9.72. The maximum absolute atomic E-state index is 13.6. The molecule has 5 rings (SSSR count). The minimum atomic E-state index is -0.203. The second kappa shape index (κ2) is 7.59. The molecule has 1 aliphatic carbocycles. The van der Waals surface area contributed by atoms with E-state index >= 15 is 0 Å². The van der Waals surface area contributed by atoms with Crippen molar-refractivity contribution in [3.05, 3.63) is 71.4 Å². The van der Waals surface area contributed by atoms with Crippen molar-refractivity contribution in [1.29, 1.82) is 0 Å². The molecule has 1 fully saturated rings. The topological polar surface area (TPSA) is 39.3 Å². The molecule has 1 amide bonds. The van der Waals surface area contributed by atoms with E-state index in [0.29, 0.717) is 12.5 Å². The minimum absolute atomic E-state index is 0.203. The van der Waals surface area contributed by atoms with E-state index in [1.54, 1.807) is 0 Å². The molecule has 0 atom stereocenters. The Kier molecular flexibility index (Phi) is 4.90. The van der Waals surface area contributed by atoms with Gasteiger partial charge in [0.25, 0.3) is 0 Å². The summed E-state index contributed by atoms with van der Waals surface area (Å²) in [5.41, 5.74) is 4.83. The van der Waals surface area contributed by atoms with Gasteiger partial charge in [-0.05, 0) is 63.4 Å². The van der Waals surface area contributed by atoms with E-state index in [9.17, 15) is 4.79 Å². The van der Waals surface area contributed by atoms with Crippen LogP contribution in [0.3, 0.4) is 0 Å². The van der Waals surface area contributed by atoms with Crippen molar-refractivity contribution in [2.75, 3.05) is 20.6 Å². The van der Waals surface area contributed by atoms with E-state index < -0.39 is 0 Å². The van der Waals surface area contributed by atoms with Gasteiger partial charge >= 0.3 is 0 Å². The number of nitrogens with zero attached hydrogens (tertiary/aromatic N) is 2. The molecule has 0 bridgehead atoms. The SMILES string of the molecule is CN(C)C1CCC2(CC1)c1[nH]c3ccccc3c1CCN2C(=O)Cc1ccccc1. The van der Waals surface area contributed by atoms with Crippen LogP contribution in [0, 0.1) is 0 Å². The van der Waals surface area contributed by atoms with Crippen LogP contribution in [-0.4, -0.2) is 47.4 Å². The molecule has 1 N–H and O–H groups in total. The van der Waals surface area contributed by atoms with E-state index in [-0.39, 0.29) is 11.4 Å². The third-order valence-corrected chi connectivity index (χ3v) is 7.39. The summed E-state index contributed by atoms with van der Waals surface area (Å²) in [6, 6.07) is 19.4. The van der Waals surface area contributed by atoms with E-state index in [2.05, 4.69) is 65.3 Å². The number of benzene rings is 2. The Bertz CT molecular complexity index is 1040. The van der Waals surface area contributed by atoms with Crippen molar-refractivity contribution < 1.29 is 4.79 Å². The minimum Gasteiger partial charge on any atom is -0.356 e. The van der Waals surface area contributed by atoms with Crippen LogP contribution >= 0.6 is 0 Å². The highest BCUT2D eigenvalue weighted by Gasteiger charge is 2.48. The Morgan fingerprint density at radius 1 is 1.07 bits per heavy atom. The number of carbonyl (C=O) groups excluding carboxylic acids is 1. The summed E-state index contributed by atoms with van der Waals surface area (Å²) in [5.74, 6) is 0.258. The molecule has 4 heteroatoms. The molecule has 1 saturated carbocycles. The van der Waals surface area contributed by atoms with Crippen molar-refractivity contribution in [3.8, 4) is 0 Å². The van der Waals surface area contributed by atoms with Crippen LogP contribution in [0.4, 0.5) is 0 Å². The van der Waals surface area contributed by atoms with Crippen molar-refractivity contribution in [3.63, 3.8) is 0 Å². The maximum Gasteiger partial charge on any atom is 0.227 e. The molecule has 156 valence electrons. The van der Waals surface area contributed by atoms with Gasteiger partial charge in [-0.25, -0.2) is 0 Å². The van der Waals surface area contributed by atoms with Gasteiger partial charge in [0.05, 0.1) is 12.0 Å². The van der Waals surface area contributed by atoms with Crippen LogP contribution < -0.4 is 0 Å². The lowest BCUT2D eigenvalue weighted by Gasteiger charge is -2.51. The number of aromatic amines is 1. The predicted octanol–water partition coefficient (Wildman–Crippen LogP) is 4.49. The summed E-state index contributed by atoms with van der Waals surface area (Å²) in [4.78, 5) is 21.9. The fraction of sp³-hybridized carbons (Fsp3) is 0.423. The van der Waals surface area contributed by atoms with Gasteiger partial charge in [0.1, 0.15) is 0 Å². The van der Waals surface area contributed by atoms with Crippen molar-refractivity contribution in [1.82, 2.24) is 14.8 Å². The van der Waals surface area contributed by atoms with Crippen LogP contribution in [0.1, 0.15) is 42.5 Å². The van der Waals surface area contributed by atoms with Gasteiger partial charge in [-0.15, -0.1) is 0 Å². The van der Waals surface area contributed by atoms with Crippen LogP contribution in [0.5, 0.6) is 0 Å². The summed E-state index contributed by atoms with van der Waals surface area (Å²) < 4.78 is 0. The number of amides is 1. The van der Waals surface area contributed by atoms with E-state index in [0.717, 1.165) is 44.2 Å². The zero-order valence-corrected chi connectivity index (χ0v) is 18.0. The van der Waals surface area contributed by atoms with E-state index in [4.69, 9.17) is 0 Å². The molecule has 4 nitrogen and oxygen atoms in total. The number of H-pyrrole nitrogens is 1. The first-order valence-corrected chi connectivity index (χ1v) is 11.2. The fourth-order valence-electron chi connectivity index (χ4n) is 5.78. The Morgan fingerprint density at radius 3 is 2.50 bits per heavy atom. The van der Waals surface area contributed by atoms with Crippen LogP contribution in [0.2, 0.25) is 0 Å². The number of para-hydroxylation sites is 1. The second-order valence-electron chi connectivity index (χ2n) is 9.21. The molecule has 1 aliphatic heterocycles. The summed E-state index contributed by atoms with van der Waals surface area (Å²) in [6.07, 6.45) is 5.70. The number of carbonyl (C=O) groups is 1. The first-order chi connectivity index (χ1) is 14.6. The lowest BCUT2D eigenvalue weighted by Crippen LogP contribution is -2.56. The van der Waals surface area contributed by atoms with Gasteiger partial charge in [0.2, 0.25) is 5.91 Å². The smallest absolute Gasteiger partial charge is 0.227 e. The number of hydrogen-bond donors (Lipinski definition) is 1. The number of nitrogens with one attached hydrogen (secondary N) is 1. The quantitative estimate of drug-likeness (QED) is 0.702. The Morgan fingerprint density at radius 2 is 1.77 bits per heavy atom. The van der Waals surface area contributed by atoms with Gasteiger partial charge in [-0.1, -0.05) is 48.5 Å². The Hall–Kier alpha value is -2.59. The highest BCUT2D eigenvalue weighted by atomic mass is 16.2. The van der Waals surface area contributed by atoms with Crippen LogP contribution in [-0.2, 0) is 23.2 Å². The Balaban J connectivity index is 1.54. The molecule has 2 heterocycles. The molecule has 1 spiro atoms. The molecule has 0 radical (unpaired) electrons. The largest absolute Gasteiger partial charge is 0.356 e. The third kappa shape index (κ3) is 3.14. The highest BCUT2D eigenvalue weighted by Crippen LogP contribution is 2.48. The highest BCUT2D eigenvalue weighted by molar-refractivity contribution is 5.87. The van der Waals surface area contributed by atoms with E-state index in [1.807, 2.05) is 18.2 Å². The third-order valence-electron chi connectivity index (χ3n) is 7.39. The second-order valence-corrected chi connectivity index (χ2v) is 9.21. The molecule has 0 saturated heterocycles. The summed E-state index contributed by atoms with van der Waals surface area (Å²) in [6.45, 7) is 0.813. The molecule has 3 aromatic rings. The van der Waals surface area contributed by atoms with Crippen LogP contribution in [0.15, 0.2) is 54.6 Å². The molecule has 0 unspecified atom stereocenters. The lowest BCUT2D eigenvalue weighted by molar-refractivity contribution is -0.141. The van der Waals surface area contributed by atoms with Gasteiger partial charge < -0.3 is 14.8 Å². The number of rotatable bonds is 3. The monoisotopic (exact) mass is 401 g/mol. The summed E-state index contributed by atoms with van der Waals surface area (Å²) in [5, 5.41) is 1.33. The average molecular weight is 402 g/mol. The first-order valence-electron chi connectivity index (χ1n) is 11.2.